The molecule has 1 aromatic rings. The van der Waals surface area contributed by atoms with Crippen LogP contribution in [-0.4, -0.2) is 36.8 Å². The van der Waals surface area contributed by atoms with Gasteiger partial charge in [0.1, 0.15) is 0 Å². The quantitative estimate of drug-likeness (QED) is 0.860. The molecule has 2 rings (SSSR count). The molecule has 0 aliphatic carbocycles. The van der Waals surface area contributed by atoms with Crippen LogP contribution in [0.25, 0.3) is 0 Å². The number of hydrogen-bond acceptors (Lipinski definition) is 4. The molecule has 0 saturated carbocycles. The molecule has 0 bridgehead atoms. The largest absolute Gasteiger partial charge is 0.472 e. The summed E-state index contributed by atoms with van der Waals surface area (Å²) in [6.07, 6.45) is -1.32. The van der Waals surface area contributed by atoms with Crippen LogP contribution in [0, 0.1) is 0 Å². The number of nitrogens with one attached hydrogen (secondary N) is 1. The third-order valence-corrected chi connectivity index (χ3v) is 3.06. The lowest BCUT2D eigenvalue weighted by molar-refractivity contribution is 0.0794. The highest BCUT2D eigenvalue weighted by Gasteiger charge is 2.23. The molecule has 0 spiro atoms. The topological polar surface area (TPSA) is 43.4 Å². The monoisotopic (exact) mass is 272 g/mol. The van der Waals surface area contributed by atoms with Gasteiger partial charge in [-0.1, -0.05) is 6.07 Å². The number of nitrogens with zero attached hydrogens (tertiary/aromatic N) is 1. The number of halogens is 2. The minimum absolute atomic E-state index is 0.193. The Labute approximate surface area is 111 Å². The molecule has 1 fully saturated rings. The summed E-state index contributed by atoms with van der Waals surface area (Å²) in [7, 11) is 0. The minimum atomic E-state index is -2.49. The highest BCUT2D eigenvalue weighted by molar-refractivity contribution is 5.15. The van der Waals surface area contributed by atoms with Crippen LogP contribution in [0.15, 0.2) is 18.2 Å². The van der Waals surface area contributed by atoms with Crippen LogP contribution in [0.2, 0.25) is 0 Å². The van der Waals surface area contributed by atoms with E-state index in [1.165, 1.54) is 0 Å². The summed E-state index contributed by atoms with van der Waals surface area (Å²) in [5, 5.41) is 3.35. The lowest BCUT2D eigenvalue weighted by Crippen LogP contribution is -2.34. The number of rotatable bonds is 6. The molecule has 4 nitrogen and oxygen atoms in total. The molecule has 2 heterocycles. The van der Waals surface area contributed by atoms with Gasteiger partial charge in [-0.05, 0) is 19.4 Å². The SMILES string of the molecule is C[C@@H]1OCC[C@@H]1NCc1cccc(OCC(F)F)n1. The van der Waals surface area contributed by atoms with Crippen LogP contribution in [0.4, 0.5) is 8.78 Å². The molecule has 0 amide bonds. The van der Waals surface area contributed by atoms with E-state index in [-0.39, 0.29) is 12.0 Å². The fraction of sp³-hybridized carbons (Fsp3) is 0.615. The van der Waals surface area contributed by atoms with Crippen molar-refractivity contribution in [3.05, 3.63) is 23.9 Å². The smallest absolute Gasteiger partial charge is 0.272 e. The van der Waals surface area contributed by atoms with Crippen molar-refractivity contribution in [3.63, 3.8) is 0 Å². The minimum Gasteiger partial charge on any atom is -0.472 e. The zero-order valence-electron chi connectivity index (χ0n) is 10.8. The average molecular weight is 272 g/mol. The number of ether oxygens (including phenoxy) is 2. The summed E-state index contributed by atoms with van der Waals surface area (Å²) in [5.74, 6) is 0.232. The molecule has 1 aliphatic heterocycles. The van der Waals surface area contributed by atoms with Crippen molar-refractivity contribution in [1.29, 1.82) is 0 Å². The zero-order valence-corrected chi connectivity index (χ0v) is 10.8. The van der Waals surface area contributed by atoms with Crippen LogP contribution in [0.1, 0.15) is 19.0 Å². The van der Waals surface area contributed by atoms with E-state index in [4.69, 9.17) is 9.47 Å². The molecule has 19 heavy (non-hydrogen) atoms. The Kier molecular flexibility index (Phi) is 5.04. The highest BCUT2D eigenvalue weighted by atomic mass is 19.3. The number of pyridine rings is 1. The Morgan fingerprint density at radius 3 is 3.05 bits per heavy atom. The maximum Gasteiger partial charge on any atom is 0.272 e. The highest BCUT2D eigenvalue weighted by Crippen LogP contribution is 2.14. The summed E-state index contributed by atoms with van der Waals surface area (Å²) >= 11 is 0. The molecule has 106 valence electrons. The Hall–Kier alpha value is -1.27. The van der Waals surface area contributed by atoms with E-state index in [1.54, 1.807) is 12.1 Å². The molecule has 6 heteroatoms. The van der Waals surface area contributed by atoms with Crippen molar-refractivity contribution in [2.75, 3.05) is 13.2 Å². The third kappa shape index (κ3) is 4.40. The van der Waals surface area contributed by atoms with E-state index in [1.807, 2.05) is 13.0 Å². The van der Waals surface area contributed by atoms with Crippen molar-refractivity contribution in [3.8, 4) is 5.88 Å². The first-order valence-corrected chi connectivity index (χ1v) is 6.37. The Bertz CT molecular complexity index is 404. The van der Waals surface area contributed by atoms with E-state index in [9.17, 15) is 8.78 Å². The number of alkyl halides is 2. The van der Waals surface area contributed by atoms with Crippen molar-refractivity contribution >= 4 is 0 Å². The molecule has 2 atom stereocenters. The van der Waals surface area contributed by atoms with Gasteiger partial charge in [-0.25, -0.2) is 13.8 Å². The fourth-order valence-corrected chi connectivity index (χ4v) is 2.02. The lowest BCUT2D eigenvalue weighted by Gasteiger charge is -2.15. The second kappa shape index (κ2) is 6.77. The summed E-state index contributed by atoms with van der Waals surface area (Å²) < 4.78 is 34.4. The average Bonchev–Trinajstić information content (AvgIpc) is 2.80. The van der Waals surface area contributed by atoms with Crippen LogP contribution in [-0.2, 0) is 11.3 Å². The molecule has 0 aromatic carbocycles. The Balaban J connectivity index is 1.84. The summed E-state index contributed by atoms with van der Waals surface area (Å²) in [5.41, 5.74) is 0.769. The van der Waals surface area contributed by atoms with Gasteiger partial charge in [0.05, 0.1) is 11.8 Å². The van der Waals surface area contributed by atoms with Gasteiger partial charge in [0, 0.05) is 25.3 Å². The van der Waals surface area contributed by atoms with Crippen LogP contribution >= 0.6 is 0 Å². The molecular formula is C13H18F2N2O2. The third-order valence-electron chi connectivity index (χ3n) is 3.06. The normalized spacial score (nSPS) is 22.9. The van der Waals surface area contributed by atoms with Gasteiger partial charge in [-0.2, -0.15) is 0 Å². The van der Waals surface area contributed by atoms with Crippen molar-refractivity contribution < 1.29 is 18.3 Å². The standard InChI is InChI=1S/C13H18F2N2O2/c1-9-11(5-6-18-9)16-7-10-3-2-4-13(17-10)19-8-12(14)15/h2-4,9,11-12,16H,5-8H2,1H3/t9-,11-/m0/s1. The molecule has 1 saturated heterocycles. The molecule has 1 aromatic heterocycles. The van der Waals surface area contributed by atoms with Gasteiger partial charge < -0.3 is 14.8 Å². The van der Waals surface area contributed by atoms with Crippen molar-refractivity contribution in [2.24, 2.45) is 0 Å². The molecular weight excluding hydrogens is 254 g/mol. The van der Waals surface area contributed by atoms with Crippen molar-refractivity contribution in [2.45, 2.75) is 38.5 Å². The van der Waals surface area contributed by atoms with E-state index >= 15 is 0 Å². The van der Waals surface area contributed by atoms with Gasteiger partial charge in [0.15, 0.2) is 6.61 Å². The number of hydrogen-bond donors (Lipinski definition) is 1. The first-order chi connectivity index (χ1) is 9.15. The maximum absolute atomic E-state index is 12.0. The molecule has 1 aliphatic rings. The second-order valence-electron chi connectivity index (χ2n) is 4.52. The van der Waals surface area contributed by atoms with Crippen LogP contribution in [0.3, 0.4) is 0 Å². The van der Waals surface area contributed by atoms with Gasteiger partial charge in [0.2, 0.25) is 5.88 Å². The molecule has 1 N–H and O–H groups in total. The van der Waals surface area contributed by atoms with E-state index in [0.717, 1.165) is 18.7 Å². The van der Waals surface area contributed by atoms with Crippen molar-refractivity contribution in [1.82, 2.24) is 10.3 Å². The van der Waals surface area contributed by atoms with Gasteiger partial charge in [-0.3, -0.25) is 0 Å². The predicted octanol–water partition coefficient (Wildman–Crippen LogP) is 1.99. The first kappa shape index (κ1) is 14.1. The zero-order chi connectivity index (χ0) is 13.7. The molecule has 0 unspecified atom stereocenters. The lowest BCUT2D eigenvalue weighted by atomic mass is 10.1. The first-order valence-electron chi connectivity index (χ1n) is 6.37. The summed E-state index contributed by atoms with van der Waals surface area (Å²) in [6, 6.07) is 5.47. The predicted molar refractivity (Wildman–Crippen MR) is 66.4 cm³/mol. The summed E-state index contributed by atoms with van der Waals surface area (Å²) in [6.45, 7) is 2.74. The Morgan fingerprint density at radius 2 is 2.37 bits per heavy atom. The second-order valence-corrected chi connectivity index (χ2v) is 4.52. The van der Waals surface area contributed by atoms with Gasteiger partial charge in [-0.15, -0.1) is 0 Å². The number of aromatic nitrogens is 1. The van der Waals surface area contributed by atoms with Gasteiger partial charge in [0.25, 0.3) is 6.43 Å². The fourth-order valence-electron chi connectivity index (χ4n) is 2.02. The van der Waals surface area contributed by atoms with Gasteiger partial charge >= 0.3 is 0 Å². The van der Waals surface area contributed by atoms with Crippen LogP contribution in [0.5, 0.6) is 5.88 Å². The van der Waals surface area contributed by atoms with Crippen LogP contribution < -0.4 is 10.1 Å². The van der Waals surface area contributed by atoms with E-state index in [0.29, 0.717) is 12.6 Å². The van der Waals surface area contributed by atoms with E-state index in [2.05, 4.69) is 10.3 Å². The molecule has 0 radical (unpaired) electrons. The Morgan fingerprint density at radius 1 is 1.53 bits per heavy atom. The maximum atomic E-state index is 12.0. The summed E-state index contributed by atoms with van der Waals surface area (Å²) in [4.78, 5) is 4.17. The van der Waals surface area contributed by atoms with E-state index < -0.39 is 13.0 Å².